The Kier molecular flexibility index (Phi) is 5.48. The van der Waals surface area contributed by atoms with Crippen molar-refractivity contribution in [1.29, 1.82) is 0 Å². The van der Waals surface area contributed by atoms with E-state index in [2.05, 4.69) is 10.3 Å². The van der Waals surface area contributed by atoms with Gasteiger partial charge in [0.1, 0.15) is 6.04 Å². The summed E-state index contributed by atoms with van der Waals surface area (Å²) in [5, 5.41) is 6.02. The van der Waals surface area contributed by atoms with Gasteiger partial charge in [0.25, 0.3) is 5.91 Å². The summed E-state index contributed by atoms with van der Waals surface area (Å²) in [4.78, 5) is 31.5. The predicted molar refractivity (Wildman–Crippen MR) is 98.8 cm³/mol. The molecule has 1 aromatic heterocycles. The topological polar surface area (TPSA) is 62.3 Å². The number of rotatable bonds is 5. The van der Waals surface area contributed by atoms with E-state index in [1.165, 1.54) is 0 Å². The molecule has 132 valence electrons. The summed E-state index contributed by atoms with van der Waals surface area (Å²) in [5.41, 5.74) is 2.62. The van der Waals surface area contributed by atoms with Crippen LogP contribution in [-0.2, 0) is 11.2 Å². The Hall–Kier alpha value is -2.21. The van der Waals surface area contributed by atoms with Gasteiger partial charge in [0.15, 0.2) is 0 Å². The molecule has 6 heteroatoms. The van der Waals surface area contributed by atoms with E-state index < -0.39 is 0 Å². The highest BCUT2D eigenvalue weighted by Crippen LogP contribution is 2.21. The van der Waals surface area contributed by atoms with E-state index in [0.717, 1.165) is 29.1 Å². The van der Waals surface area contributed by atoms with Crippen molar-refractivity contribution < 1.29 is 9.59 Å². The van der Waals surface area contributed by atoms with E-state index >= 15 is 0 Å². The summed E-state index contributed by atoms with van der Waals surface area (Å²) >= 11 is 1.62. The fourth-order valence-corrected chi connectivity index (χ4v) is 3.85. The second kappa shape index (κ2) is 7.78. The normalized spacial score (nSPS) is 16.9. The zero-order valence-electron chi connectivity index (χ0n) is 14.6. The van der Waals surface area contributed by atoms with Crippen molar-refractivity contribution in [3.05, 3.63) is 51.5 Å². The first-order chi connectivity index (χ1) is 12.1. The Balaban J connectivity index is 1.59. The zero-order chi connectivity index (χ0) is 17.8. The minimum atomic E-state index is -0.371. The Morgan fingerprint density at radius 2 is 2.12 bits per heavy atom. The summed E-state index contributed by atoms with van der Waals surface area (Å²) < 4.78 is 0. The largest absolute Gasteiger partial charge is 0.354 e. The van der Waals surface area contributed by atoms with Crippen LogP contribution in [0.15, 0.2) is 29.6 Å². The Bertz CT molecular complexity index is 772. The number of benzene rings is 1. The van der Waals surface area contributed by atoms with Gasteiger partial charge in [-0.3, -0.25) is 9.59 Å². The number of nitrogens with zero attached hydrogens (tertiary/aromatic N) is 2. The summed E-state index contributed by atoms with van der Waals surface area (Å²) in [7, 11) is 0. The Labute approximate surface area is 152 Å². The number of aromatic nitrogens is 1. The molecule has 1 atom stereocenters. The van der Waals surface area contributed by atoms with Crippen LogP contribution < -0.4 is 5.32 Å². The molecular formula is C19H23N3O2S. The SMILES string of the molecule is Cc1nc(CCNC(=O)C2CCCN2C(=O)c2ccccc2C)cs1. The van der Waals surface area contributed by atoms with E-state index in [0.29, 0.717) is 25.1 Å². The Morgan fingerprint density at radius 3 is 2.84 bits per heavy atom. The first kappa shape index (κ1) is 17.6. The number of nitrogens with one attached hydrogen (secondary N) is 1. The van der Waals surface area contributed by atoms with Gasteiger partial charge in [-0.1, -0.05) is 18.2 Å². The van der Waals surface area contributed by atoms with Crippen LogP contribution in [0.2, 0.25) is 0 Å². The lowest BCUT2D eigenvalue weighted by atomic mass is 10.1. The predicted octanol–water partition coefficient (Wildman–Crippen LogP) is 2.72. The van der Waals surface area contributed by atoms with Gasteiger partial charge in [0, 0.05) is 30.5 Å². The molecule has 5 nitrogen and oxygen atoms in total. The average molecular weight is 357 g/mol. The highest BCUT2D eigenvalue weighted by molar-refractivity contribution is 7.09. The number of hydrogen-bond acceptors (Lipinski definition) is 4. The maximum atomic E-state index is 12.8. The van der Waals surface area contributed by atoms with Gasteiger partial charge in [0.05, 0.1) is 10.7 Å². The van der Waals surface area contributed by atoms with Gasteiger partial charge in [0.2, 0.25) is 5.91 Å². The van der Waals surface area contributed by atoms with Gasteiger partial charge >= 0.3 is 0 Å². The van der Waals surface area contributed by atoms with Crippen LogP contribution >= 0.6 is 11.3 Å². The molecule has 1 aliphatic heterocycles. The molecule has 0 saturated carbocycles. The van der Waals surface area contributed by atoms with Crippen LogP contribution in [0.4, 0.5) is 0 Å². The molecule has 3 rings (SSSR count). The second-order valence-corrected chi connectivity index (χ2v) is 7.43. The quantitative estimate of drug-likeness (QED) is 0.895. The molecule has 1 aliphatic rings. The molecule has 0 spiro atoms. The molecule has 2 heterocycles. The van der Waals surface area contributed by atoms with E-state index in [1.54, 1.807) is 16.2 Å². The third kappa shape index (κ3) is 4.07. The number of amides is 2. The molecule has 0 aliphatic carbocycles. The lowest BCUT2D eigenvalue weighted by Crippen LogP contribution is -2.46. The van der Waals surface area contributed by atoms with Crippen molar-refractivity contribution in [3.8, 4) is 0 Å². The smallest absolute Gasteiger partial charge is 0.254 e. The highest BCUT2D eigenvalue weighted by atomic mass is 32.1. The molecule has 0 radical (unpaired) electrons. The molecule has 1 fully saturated rings. The number of thiazole rings is 1. The molecule has 1 unspecified atom stereocenters. The van der Waals surface area contributed by atoms with Crippen LogP contribution in [0.5, 0.6) is 0 Å². The third-order valence-corrected chi connectivity index (χ3v) is 5.36. The standard InChI is InChI=1S/C19H23N3O2S/c1-13-6-3-4-7-16(13)19(24)22-11-5-8-17(22)18(23)20-10-9-15-12-25-14(2)21-15/h3-4,6-7,12,17H,5,8-11H2,1-2H3,(H,20,23). The number of carbonyl (C=O) groups is 2. The summed E-state index contributed by atoms with van der Waals surface area (Å²) in [6.45, 7) is 5.08. The minimum absolute atomic E-state index is 0.0501. The molecule has 0 bridgehead atoms. The number of hydrogen-bond donors (Lipinski definition) is 1. The lowest BCUT2D eigenvalue weighted by molar-refractivity contribution is -0.124. The first-order valence-electron chi connectivity index (χ1n) is 8.61. The minimum Gasteiger partial charge on any atom is -0.354 e. The fraction of sp³-hybridized carbons (Fsp3) is 0.421. The summed E-state index contributed by atoms with van der Waals surface area (Å²) in [5.74, 6) is -0.114. The monoisotopic (exact) mass is 357 g/mol. The van der Waals surface area contributed by atoms with Gasteiger partial charge in [-0.15, -0.1) is 11.3 Å². The number of aryl methyl sites for hydroxylation is 2. The van der Waals surface area contributed by atoms with Crippen molar-refractivity contribution >= 4 is 23.2 Å². The van der Waals surface area contributed by atoms with E-state index in [-0.39, 0.29) is 17.9 Å². The average Bonchev–Trinajstić information content (AvgIpc) is 3.23. The fourth-order valence-electron chi connectivity index (χ4n) is 3.20. The van der Waals surface area contributed by atoms with Crippen molar-refractivity contribution in [2.45, 2.75) is 39.2 Å². The van der Waals surface area contributed by atoms with Crippen LogP contribution in [0.25, 0.3) is 0 Å². The molecule has 1 saturated heterocycles. The van der Waals surface area contributed by atoms with Crippen molar-refractivity contribution in [1.82, 2.24) is 15.2 Å². The number of likely N-dealkylation sites (tertiary alicyclic amines) is 1. The lowest BCUT2D eigenvalue weighted by Gasteiger charge is -2.24. The first-order valence-corrected chi connectivity index (χ1v) is 9.49. The molecule has 2 amide bonds. The van der Waals surface area contributed by atoms with Gasteiger partial charge in [-0.2, -0.15) is 0 Å². The second-order valence-electron chi connectivity index (χ2n) is 6.37. The Morgan fingerprint density at radius 1 is 1.32 bits per heavy atom. The summed E-state index contributed by atoms with van der Waals surface area (Å²) in [6, 6.07) is 7.16. The molecule has 1 aromatic carbocycles. The highest BCUT2D eigenvalue weighted by Gasteiger charge is 2.34. The van der Waals surface area contributed by atoms with Crippen molar-refractivity contribution in [2.24, 2.45) is 0 Å². The third-order valence-electron chi connectivity index (χ3n) is 4.54. The molecule has 2 aromatic rings. The van der Waals surface area contributed by atoms with E-state index in [9.17, 15) is 9.59 Å². The van der Waals surface area contributed by atoms with Crippen molar-refractivity contribution in [3.63, 3.8) is 0 Å². The van der Waals surface area contributed by atoms with Crippen LogP contribution in [-0.4, -0.2) is 40.8 Å². The summed E-state index contributed by atoms with van der Waals surface area (Å²) in [6.07, 6.45) is 2.30. The van der Waals surface area contributed by atoms with Crippen LogP contribution in [0.1, 0.15) is 39.5 Å². The maximum absolute atomic E-state index is 12.8. The van der Waals surface area contributed by atoms with E-state index in [4.69, 9.17) is 0 Å². The van der Waals surface area contributed by atoms with Gasteiger partial charge in [-0.25, -0.2) is 4.98 Å². The van der Waals surface area contributed by atoms with Crippen molar-refractivity contribution in [2.75, 3.05) is 13.1 Å². The van der Waals surface area contributed by atoms with Crippen LogP contribution in [0, 0.1) is 13.8 Å². The number of carbonyl (C=O) groups excluding carboxylic acids is 2. The zero-order valence-corrected chi connectivity index (χ0v) is 15.4. The molecule has 25 heavy (non-hydrogen) atoms. The van der Waals surface area contributed by atoms with Gasteiger partial charge in [-0.05, 0) is 38.3 Å². The van der Waals surface area contributed by atoms with Gasteiger partial charge < -0.3 is 10.2 Å². The maximum Gasteiger partial charge on any atom is 0.254 e. The molecule has 1 N–H and O–H groups in total. The van der Waals surface area contributed by atoms with Crippen LogP contribution in [0.3, 0.4) is 0 Å². The van der Waals surface area contributed by atoms with E-state index in [1.807, 2.05) is 43.5 Å². The molecular weight excluding hydrogens is 334 g/mol.